The Kier molecular flexibility index (Phi) is 10.6. The van der Waals surface area contributed by atoms with Gasteiger partial charge in [-0.05, 0) is 35.3 Å². The van der Waals surface area contributed by atoms with Crippen LogP contribution in [-0.2, 0) is 15.8 Å². The summed E-state index contributed by atoms with van der Waals surface area (Å²) in [6.07, 6.45) is -0.456. The van der Waals surface area contributed by atoms with Crippen LogP contribution >= 0.6 is 11.3 Å². The monoisotopic (exact) mass is 692 g/mol. The number of halogens is 2. The number of nitroso groups, excluding NO2 is 1. The van der Waals surface area contributed by atoms with Gasteiger partial charge in [-0.1, -0.05) is 86.6 Å². The molecule has 1 aromatic heterocycles. The van der Waals surface area contributed by atoms with Crippen LogP contribution in [0.5, 0.6) is 0 Å². The average Bonchev–Trinajstić information content (AvgIpc) is 3.53. The van der Waals surface area contributed by atoms with Crippen molar-refractivity contribution in [2.45, 2.75) is 64.5 Å². The summed E-state index contributed by atoms with van der Waals surface area (Å²) in [5.41, 5.74) is 0.286. The Labute approximate surface area is 285 Å². The van der Waals surface area contributed by atoms with E-state index in [1.807, 2.05) is 50.2 Å². The van der Waals surface area contributed by atoms with Crippen LogP contribution in [0.15, 0.2) is 77.3 Å². The molecular formula is C36H42F2N4O4SSi. The summed E-state index contributed by atoms with van der Waals surface area (Å²) < 4.78 is 45.9. The number of carbonyl (C=O) groups excluding carboxylic acids is 1. The van der Waals surface area contributed by atoms with Crippen molar-refractivity contribution < 1.29 is 22.7 Å². The van der Waals surface area contributed by atoms with Crippen LogP contribution in [0.4, 0.5) is 14.5 Å². The molecule has 2 heterocycles. The first-order valence-corrected chi connectivity index (χ1v) is 18.7. The number of hydrogen-bond acceptors (Lipinski definition) is 8. The van der Waals surface area contributed by atoms with Crippen molar-refractivity contribution in [1.82, 2.24) is 9.88 Å². The Morgan fingerprint density at radius 1 is 1.04 bits per heavy atom. The Balaban J connectivity index is 1.68. The van der Waals surface area contributed by atoms with Crippen molar-refractivity contribution >= 4 is 41.6 Å². The number of benzene rings is 3. The van der Waals surface area contributed by atoms with Crippen LogP contribution < -0.4 is 15.3 Å². The van der Waals surface area contributed by atoms with Gasteiger partial charge in [-0.2, -0.15) is 0 Å². The predicted octanol–water partition coefficient (Wildman–Crippen LogP) is 6.67. The smallest absolute Gasteiger partial charge is 0.272 e. The Bertz CT molecular complexity index is 1700. The summed E-state index contributed by atoms with van der Waals surface area (Å²) in [6.45, 7) is 10.8. The van der Waals surface area contributed by atoms with E-state index in [0.717, 1.165) is 21.7 Å². The molecule has 0 radical (unpaired) electrons. The second-order valence-electron chi connectivity index (χ2n) is 13.5. The molecular weight excluding hydrogens is 651 g/mol. The van der Waals surface area contributed by atoms with Crippen LogP contribution in [0.2, 0.25) is 5.04 Å². The predicted molar refractivity (Wildman–Crippen MR) is 189 cm³/mol. The van der Waals surface area contributed by atoms with Gasteiger partial charge in [0, 0.05) is 43.7 Å². The summed E-state index contributed by atoms with van der Waals surface area (Å²) in [4.78, 5) is 32.4. The van der Waals surface area contributed by atoms with Crippen molar-refractivity contribution in [2.24, 2.45) is 5.18 Å². The fourth-order valence-electron chi connectivity index (χ4n) is 6.63. The molecule has 0 N–H and O–H groups in total. The molecule has 3 unspecified atom stereocenters. The lowest BCUT2D eigenvalue weighted by atomic mass is 10.0. The number of ether oxygens (including phenoxy) is 1. The minimum absolute atomic E-state index is 0.0687. The van der Waals surface area contributed by atoms with E-state index in [4.69, 9.17) is 9.16 Å². The molecule has 0 aliphatic carbocycles. The van der Waals surface area contributed by atoms with Gasteiger partial charge in [0.05, 0.1) is 24.5 Å². The van der Waals surface area contributed by atoms with E-state index in [2.05, 4.69) is 55.2 Å². The fourth-order valence-corrected chi connectivity index (χ4v) is 12.0. The third-order valence-electron chi connectivity index (χ3n) is 8.67. The zero-order valence-corrected chi connectivity index (χ0v) is 30.2. The molecule has 0 bridgehead atoms. The lowest BCUT2D eigenvalue weighted by Gasteiger charge is -2.43. The van der Waals surface area contributed by atoms with Gasteiger partial charge in [-0.25, -0.2) is 13.8 Å². The maximum atomic E-state index is 16.6. The van der Waals surface area contributed by atoms with Crippen molar-refractivity contribution in [3.05, 3.63) is 110 Å². The van der Waals surface area contributed by atoms with E-state index in [1.54, 1.807) is 19.0 Å². The summed E-state index contributed by atoms with van der Waals surface area (Å²) in [5.74, 6) is -2.66. The summed E-state index contributed by atoms with van der Waals surface area (Å²) in [6, 6.07) is 20.1. The summed E-state index contributed by atoms with van der Waals surface area (Å²) in [5, 5.41) is 6.48. The number of morpholine rings is 1. The number of rotatable bonds is 10. The molecule has 1 aliphatic heterocycles. The third-order valence-corrected chi connectivity index (χ3v) is 14.5. The molecule has 48 heavy (non-hydrogen) atoms. The normalized spacial score (nSPS) is 17.6. The Morgan fingerprint density at radius 3 is 2.10 bits per heavy atom. The number of aromatic nitrogens is 1. The summed E-state index contributed by atoms with van der Waals surface area (Å²) in [7, 11) is 0.0624. The van der Waals surface area contributed by atoms with Gasteiger partial charge >= 0.3 is 0 Å². The highest BCUT2D eigenvalue weighted by Gasteiger charge is 2.50. The standard InChI is InChI=1S/C36H42F2N4O4SSi/c1-23-19-42(20-24(2)46-23)33-25(18-28(30(37)31(33)38)32(40-44)34-39-29(22-47-34)35(43)41(6)7)21-45-48(36(3,4)5,26-14-10-8-11-15-26)27-16-12-9-13-17-27/h8-18,22-24,32H,19-21H2,1-7H3. The number of amides is 1. The van der Waals surface area contributed by atoms with Gasteiger partial charge in [-0.15, -0.1) is 16.2 Å². The van der Waals surface area contributed by atoms with E-state index >= 15 is 8.78 Å². The number of nitrogens with zero attached hydrogens (tertiary/aromatic N) is 4. The average molecular weight is 693 g/mol. The van der Waals surface area contributed by atoms with Crippen LogP contribution in [-0.4, -0.2) is 63.5 Å². The lowest BCUT2D eigenvalue weighted by molar-refractivity contribution is -0.00553. The Morgan fingerprint density at radius 2 is 1.60 bits per heavy atom. The molecule has 254 valence electrons. The highest BCUT2D eigenvalue weighted by Crippen LogP contribution is 2.41. The van der Waals surface area contributed by atoms with E-state index in [0.29, 0.717) is 18.7 Å². The zero-order chi connectivity index (χ0) is 34.8. The van der Waals surface area contributed by atoms with Crippen LogP contribution in [0.1, 0.15) is 67.3 Å². The SMILES string of the molecule is CC1CN(c2c(CO[Si](c3ccccc3)(c3ccccc3)C(C)(C)C)cc(C(N=O)c3nc(C(=O)N(C)C)cs3)c(F)c2F)CC(C)O1. The van der Waals surface area contributed by atoms with Crippen LogP contribution in [0.3, 0.4) is 0 Å². The van der Waals surface area contributed by atoms with Gasteiger partial charge < -0.3 is 19.0 Å². The van der Waals surface area contributed by atoms with Crippen molar-refractivity contribution in [2.75, 3.05) is 32.1 Å². The Hall–Kier alpha value is -3.84. The quantitative estimate of drug-likeness (QED) is 0.136. The highest BCUT2D eigenvalue weighted by atomic mass is 32.1. The maximum absolute atomic E-state index is 16.6. The second kappa shape index (κ2) is 14.3. The van der Waals surface area contributed by atoms with Crippen LogP contribution in [0.25, 0.3) is 0 Å². The molecule has 5 rings (SSSR count). The molecule has 4 aromatic rings. The number of carbonyl (C=O) groups is 1. The van der Waals surface area contributed by atoms with Crippen molar-refractivity contribution in [3.8, 4) is 0 Å². The number of thiazole rings is 1. The molecule has 1 fully saturated rings. The van der Waals surface area contributed by atoms with E-state index < -0.39 is 26.0 Å². The van der Waals surface area contributed by atoms with Gasteiger partial charge in [0.15, 0.2) is 17.7 Å². The minimum Gasteiger partial charge on any atom is -0.403 e. The van der Waals surface area contributed by atoms with Crippen LogP contribution in [0, 0.1) is 16.5 Å². The molecule has 1 saturated heterocycles. The van der Waals surface area contributed by atoms with Gasteiger partial charge in [0.2, 0.25) is 0 Å². The lowest BCUT2D eigenvalue weighted by Crippen LogP contribution is -2.66. The third kappa shape index (κ3) is 6.84. The van der Waals surface area contributed by atoms with E-state index in [-0.39, 0.29) is 51.7 Å². The first-order chi connectivity index (χ1) is 22.8. The molecule has 8 nitrogen and oxygen atoms in total. The van der Waals surface area contributed by atoms with Gasteiger partial charge in [-0.3, -0.25) is 4.79 Å². The molecule has 3 atom stereocenters. The van der Waals surface area contributed by atoms with Crippen molar-refractivity contribution in [3.63, 3.8) is 0 Å². The highest BCUT2D eigenvalue weighted by molar-refractivity contribution is 7.10. The van der Waals surface area contributed by atoms with Gasteiger partial charge in [0.25, 0.3) is 14.2 Å². The molecule has 3 aromatic carbocycles. The maximum Gasteiger partial charge on any atom is 0.272 e. The summed E-state index contributed by atoms with van der Waals surface area (Å²) >= 11 is 0.999. The molecule has 1 amide bonds. The molecule has 1 aliphatic rings. The number of anilines is 1. The minimum atomic E-state index is -3.10. The van der Waals surface area contributed by atoms with Gasteiger partial charge in [0.1, 0.15) is 10.7 Å². The molecule has 12 heteroatoms. The van der Waals surface area contributed by atoms with E-state index in [1.165, 1.54) is 16.3 Å². The van der Waals surface area contributed by atoms with Crippen molar-refractivity contribution in [1.29, 1.82) is 0 Å². The molecule has 0 spiro atoms. The zero-order valence-electron chi connectivity index (χ0n) is 28.4. The second-order valence-corrected chi connectivity index (χ2v) is 18.7. The molecule has 0 saturated carbocycles. The number of hydrogen-bond donors (Lipinski definition) is 0. The largest absolute Gasteiger partial charge is 0.403 e. The first kappa shape index (κ1) is 35.5. The van der Waals surface area contributed by atoms with E-state index in [9.17, 15) is 9.70 Å². The fraction of sp³-hybridized carbons (Fsp3) is 0.389. The first-order valence-electron chi connectivity index (χ1n) is 15.9. The topological polar surface area (TPSA) is 84.3 Å².